The van der Waals surface area contributed by atoms with Crippen molar-refractivity contribution in [1.82, 2.24) is 0 Å². The molecule has 1 aromatic heterocycles. The van der Waals surface area contributed by atoms with Crippen LogP contribution in [0.4, 0.5) is 5.69 Å². The van der Waals surface area contributed by atoms with Gasteiger partial charge in [-0.15, -0.1) is 0 Å². The number of Topliss-reactive ketones (excluding diaryl/α,β-unsaturated/α-hetero) is 1. The number of nitrogens with one attached hydrogen (secondary N) is 1. The molecular formula is C22H23N2O3+. The van der Waals surface area contributed by atoms with Gasteiger partial charge in [0.2, 0.25) is 0 Å². The lowest BCUT2D eigenvalue weighted by atomic mass is 10.0. The van der Waals surface area contributed by atoms with E-state index in [2.05, 4.69) is 5.32 Å². The zero-order valence-electron chi connectivity index (χ0n) is 15.4. The molecule has 0 bridgehead atoms. The Hall–Kier alpha value is -3.18. The number of nitrogens with two attached hydrogens (primary N) is 1. The van der Waals surface area contributed by atoms with E-state index in [9.17, 15) is 9.59 Å². The maximum absolute atomic E-state index is 12.7. The Morgan fingerprint density at radius 3 is 2.44 bits per heavy atom. The van der Waals surface area contributed by atoms with Crippen molar-refractivity contribution in [1.29, 1.82) is 0 Å². The largest absolute Gasteiger partial charge is 0.463 e. The Labute approximate surface area is 158 Å². The zero-order valence-corrected chi connectivity index (χ0v) is 15.4. The number of amides is 1. The van der Waals surface area contributed by atoms with Crippen LogP contribution in [-0.4, -0.2) is 17.7 Å². The molecule has 0 saturated carbocycles. The number of hydrogen-bond acceptors (Lipinski definition) is 3. The van der Waals surface area contributed by atoms with Crippen LogP contribution in [-0.2, 0) is 4.79 Å². The first-order valence-electron chi connectivity index (χ1n) is 8.90. The van der Waals surface area contributed by atoms with Crippen molar-refractivity contribution in [3.8, 4) is 0 Å². The highest BCUT2D eigenvalue weighted by Crippen LogP contribution is 2.19. The van der Waals surface area contributed by atoms with Gasteiger partial charge in [0.25, 0.3) is 5.91 Å². The van der Waals surface area contributed by atoms with Gasteiger partial charge in [-0.25, -0.2) is 0 Å². The molecule has 0 aliphatic rings. The van der Waals surface area contributed by atoms with Gasteiger partial charge in [-0.1, -0.05) is 42.5 Å². The maximum atomic E-state index is 12.7. The van der Waals surface area contributed by atoms with Crippen LogP contribution in [0, 0.1) is 0 Å². The van der Waals surface area contributed by atoms with Crippen molar-refractivity contribution >= 4 is 17.4 Å². The third-order valence-electron chi connectivity index (χ3n) is 4.44. The summed E-state index contributed by atoms with van der Waals surface area (Å²) < 4.78 is 5.59. The predicted octanol–water partition coefficient (Wildman–Crippen LogP) is 3.16. The summed E-state index contributed by atoms with van der Waals surface area (Å²) in [5, 5.41) is 4.86. The van der Waals surface area contributed by atoms with Gasteiger partial charge in [0.15, 0.2) is 23.6 Å². The first kappa shape index (κ1) is 18.6. The lowest BCUT2D eigenvalue weighted by molar-refractivity contribution is -0.706. The van der Waals surface area contributed by atoms with Gasteiger partial charge in [0.05, 0.1) is 6.26 Å². The Morgan fingerprint density at radius 2 is 1.78 bits per heavy atom. The number of anilines is 1. The summed E-state index contributed by atoms with van der Waals surface area (Å²) in [5.41, 5.74) is 2.25. The van der Waals surface area contributed by atoms with Crippen LogP contribution in [0.25, 0.3) is 0 Å². The second kappa shape index (κ2) is 8.47. The van der Waals surface area contributed by atoms with E-state index < -0.39 is 0 Å². The second-order valence-corrected chi connectivity index (χ2v) is 6.51. The van der Waals surface area contributed by atoms with Crippen molar-refractivity contribution in [2.45, 2.75) is 25.9 Å². The van der Waals surface area contributed by atoms with E-state index in [-0.39, 0.29) is 23.8 Å². The van der Waals surface area contributed by atoms with E-state index in [0.29, 0.717) is 11.3 Å². The van der Waals surface area contributed by atoms with E-state index in [1.165, 1.54) is 6.92 Å². The van der Waals surface area contributed by atoms with Crippen LogP contribution in [0.2, 0.25) is 0 Å². The van der Waals surface area contributed by atoms with Crippen molar-refractivity contribution in [2.24, 2.45) is 0 Å². The highest BCUT2D eigenvalue weighted by molar-refractivity contribution is 5.97. The van der Waals surface area contributed by atoms with E-state index >= 15 is 0 Å². The van der Waals surface area contributed by atoms with Crippen molar-refractivity contribution in [2.75, 3.05) is 5.32 Å². The lowest BCUT2D eigenvalue weighted by Crippen LogP contribution is -2.92. The van der Waals surface area contributed by atoms with Crippen molar-refractivity contribution in [3.05, 3.63) is 89.9 Å². The van der Waals surface area contributed by atoms with Crippen LogP contribution in [0.3, 0.4) is 0 Å². The Balaban J connectivity index is 1.74. The fourth-order valence-corrected chi connectivity index (χ4v) is 2.95. The fourth-order valence-electron chi connectivity index (χ4n) is 2.95. The molecule has 27 heavy (non-hydrogen) atoms. The van der Waals surface area contributed by atoms with Crippen LogP contribution in [0.15, 0.2) is 77.4 Å². The summed E-state index contributed by atoms with van der Waals surface area (Å²) in [6.45, 7) is 3.36. The number of carbonyl (C=O) groups is 2. The molecule has 3 aromatic rings. The third-order valence-corrected chi connectivity index (χ3v) is 4.44. The normalized spacial score (nSPS) is 13.0. The molecule has 138 valence electrons. The van der Waals surface area contributed by atoms with E-state index in [1.54, 1.807) is 30.5 Å². The molecular weight excluding hydrogens is 340 g/mol. The minimum atomic E-state index is -0.360. The Morgan fingerprint density at radius 1 is 1.00 bits per heavy atom. The van der Waals surface area contributed by atoms with Crippen LogP contribution in [0.5, 0.6) is 0 Å². The molecule has 0 aliphatic carbocycles. The standard InChI is InChI=1S/C22H22N2O3/c1-15(22(26)24-19-11-6-10-18(14-19)16(2)25)23-21(20-12-7-13-27-20)17-8-4-3-5-9-17/h3-15,21,23H,1-2H3,(H,24,26)/p+1/t15-,21-/m0/s1. The fraction of sp³-hybridized carbons (Fsp3) is 0.182. The molecule has 0 radical (unpaired) electrons. The lowest BCUT2D eigenvalue weighted by Gasteiger charge is -2.19. The van der Waals surface area contributed by atoms with E-state index in [0.717, 1.165) is 11.3 Å². The van der Waals surface area contributed by atoms with E-state index in [1.807, 2.05) is 54.7 Å². The number of furan rings is 1. The molecule has 2 aromatic carbocycles. The predicted molar refractivity (Wildman–Crippen MR) is 103 cm³/mol. The van der Waals surface area contributed by atoms with Crippen LogP contribution in [0.1, 0.15) is 41.6 Å². The minimum Gasteiger partial charge on any atom is -0.463 e. The average molecular weight is 363 g/mol. The molecule has 0 fully saturated rings. The molecule has 5 nitrogen and oxygen atoms in total. The second-order valence-electron chi connectivity index (χ2n) is 6.51. The van der Waals surface area contributed by atoms with Gasteiger partial charge in [-0.05, 0) is 38.1 Å². The van der Waals surface area contributed by atoms with Gasteiger partial charge in [-0.3, -0.25) is 9.59 Å². The van der Waals surface area contributed by atoms with Gasteiger partial charge >= 0.3 is 0 Å². The van der Waals surface area contributed by atoms with Crippen LogP contribution >= 0.6 is 0 Å². The molecule has 1 amide bonds. The van der Waals surface area contributed by atoms with Gasteiger partial charge < -0.3 is 15.1 Å². The average Bonchev–Trinajstić information content (AvgIpc) is 3.21. The number of carbonyl (C=O) groups excluding carboxylic acids is 2. The maximum Gasteiger partial charge on any atom is 0.282 e. The number of quaternary nitrogens is 1. The third kappa shape index (κ3) is 4.71. The quantitative estimate of drug-likeness (QED) is 0.633. The SMILES string of the molecule is CC(=O)c1cccc(NC(=O)[C@H](C)[NH2+][C@@H](c2ccccc2)c2ccco2)c1. The van der Waals surface area contributed by atoms with Crippen molar-refractivity contribution < 1.29 is 19.3 Å². The highest BCUT2D eigenvalue weighted by Gasteiger charge is 2.26. The summed E-state index contributed by atoms with van der Waals surface area (Å²) in [6.07, 6.45) is 1.64. The van der Waals surface area contributed by atoms with E-state index in [4.69, 9.17) is 4.42 Å². The summed E-state index contributed by atoms with van der Waals surface area (Å²) in [4.78, 5) is 24.2. The summed E-state index contributed by atoms with van der Waals surface area (Å²) in [5.74, 6) is 0.621. The molecule has 2 atom stereocenters. The monoisotopic (exact) mass is 363 g/mol. The first-order chi connectivity index (χ1) is 13.0. The zero-order chi connectivity index (χ0) is 19.2. The molecule has 0 saturated heterocycles. The topological polar surface area (TPSA) is 75.9 Å². The number of ketones is 1. The Bertz CT molecular complexity index is 904. The number of benzene rings is 2. The molecule has 5 heteroatoms. The Kier molecular flexibility index (Phi) is 5.84. The van der Waals surface area contributed by atoms with Gasteiger partial charge in [0.1, 0.15) is 0 Å². The number of hydrogen-bond donors (Lipinski definition) is 2. The van der Waals surface area contributed by atoms with Gasteiger partial charge in [-0.2, -0.15) is 0 Å². The molecule has 0 spiro atoms. The first-order valence-corrected chi connectivity index (χ1v) is 8.90. The van der Waals surface area contributed by atoms with Crippen LogP contribution < -0.4 is 10.6 Å². The minimum absolute atomic E-state index is 0.0346. The van der Waals surface area contributed by atoms with Crippen molar-refractivity contribution in [3.63, 3.8) is 0 Å². The summed E-state index contributed by atoms with van der Waals surface area (Å²) >= 11 is 0. The van der Waals surface area contributed by atoms with Gasteiger partial charge in [0, 0.05) is 16.8 Å². The molecule has 0 aliphatic heterocycles. The highest BCUT2D eigenvalue weighted by atomic mass is 16.3. The molecule has 3 N–H and O–H groups in total. The smallest absolute Gasteiger partial charge is 0.282 e. The molecule has 0 unspecified atom stereocenters. The molecule has 1 heterocycles. The summed E-state index contributed by atoms with van der Waals surface area (Å²) in [6, 6.07) is 20.2. The number of rotatable bonds is 7. The molecule has 3 rings (SSSR count). The summed E-state index contributed by atoms with van der Waals surface area (Å²) in [7, 11) is 0.